The monoisotopic (exact) mass is 195 g/mol. The van der Waals surface area contributed by atoms with Gasteiger partial charge in [0.25, 0.3) is 0 Å². The summed E-state index contributed by atoms with van der Waals surface area (Å²) in [5.41, 5.74) is 7.69. The smallest absolute Gasteiger partial charge is 0.122 e. The lowest BCUT2D eigenvalue weighted by Crippen LogP contribution is -2.03. The first-order valence-corrected chi connectivity index (χ1v) is 4.81. The molecule has 0 bridgehead atoms. The Labute approximate surface area is 84.5 Å². The molecule has 0 unspecified atom stereocenters. The van der Waals surface area contributed by atoms with Crippen molar-refractivity contribution >= 4 is 0 Å². The molecule has 3 heteroatoms. The summed E-state index contributed by atoms with van der Waals surface area (Å²) in [5.74, 6) is 0.862. The number of ether oxygens (including phenoxy) is 1. The van der Waals surface area contributed by atoms with Crippen LogP contribution >= 0.6 is 0 Å². The quantitative estimate of drug-likeness (QED) is 0.694. The number of nitrogens with two attached hydrogens (primary N) is 1. The second-order valence-electron chi connectivity index (χ2n) is 3.23. The molecule has 0 aliphatic heterocycles. The average molecular weight is 195 g/mol. The largest absolute Gasteiger partial charge is 0.493 e. The zero-order valence-corrected chi connectivity index (χ0v) is 8.49. The van der Waals surface area contributed by atoms with Gasteiger partial charge in [-0.15, -0.1) is 0 Å². The first-order chi connectivity index (χ1) is 6.77. The second-order valence-corrected chi connectivity index (χ2v) is 3.23. The van der Waals surface area contributed by atoms with Crippen LogP contribution in [0.25, 0.3) is 0 Å². The van der Waals surface area contributed by atoms with E-state index in [9.17, 15) is 0 Å². The maximum Gasteiger partial charge on any atom is 0.122 e. The molecule has 1 rings (SSSR count). The van der Waals surface area contributed by atoms with Gasteiger partial charge >= 0.3 is 0 Å². The van der Waals surface area contributed by atoms with Crippen LogP contribution < -0.4 is 10.5 Å². The minimum Gasteiger partial charge on any atom is -0.493 e. The van der Waals surface area contributed by atoms with E-state index in [0.717, 1.165) is 16.9 Å². The molecule has 0 aliphatic carbocycles. The fourth-order valence-electron chi connectivity index (χ4n) is 1.17. The highest BCUT2D eigenvalue weighted by Crippen LogP contribution is 2.19. The maximum atomic E-state index is 8.61. The summed E-state index contributed by atoms with van der Waals surface area (Å²) in [6, 6.07) is 5.94. The maximum absolute atomic E-state index is 8.61. The molecule has 0 spiro atoms. The van der Waals surface area contributed by atoms with Gasteiger partial charge in [0.05, 0.1) is 6.61 Å². The predicted molar refractivity (Wildman–Crippen MR) is 56.3 cm³/mol. The molecule has 0 saturated heterocycles. The SMILES string of the molecule is Cc1ccc(CN)cc1OCCCO. The van der Waals surface area contributed by atoms with E-state index in [1.165, 1.54) is 0 Å². The number of hydrogen-bond donors (Lipinski definition) is 2. The zero-order chi connectivity index (χ0) is 10.4. The van der Waals surface area contributed by atoms with E-state index in [1.807, 2.05) is 25.1 Å². The third kappa shape index (κ3) is 3.01. The van der Waals surface area contributed by atoms with E-state index < -0.39 is 0 Å². The van der Waals surface area contributed by atoms with E-state index in [-0.39, 0.29) is 6.61 Å². The van der Waals surface area contributed by atoms with Crippen molar-refractivity contribution in [3.63, 3.8) is 0 Å². The summed E-state index contributed by atoms with van der Waals surface area (Å²) in [6.07, 6.45) is 0.659. The number of aliphatic hydroxyl groups excluding tert-OH is 1. The Kier molecular flexibility index (Phi) is 4.43. The Morgan fingerprint density at radius 1 is 1.43 bits per heavy atom. The molecule has 1 aromatic rings. The Balaban J connectivity index is 2.64. The van der Waals surface area contributed by atoms with Crippen molar-refractivity contribution in [1.29, 1.82) is 0 Å². The summed E-state index contributed by atoms with van der Waals surface area (Å²) in [4.78, 5) is 0. The van der Waals surface area contributed by atoms with Gasteiger partial charge in [-0.1, -0.05) is 12.1 Å². The second kappa shape index (κ2) is 5.62. The van der Waals surface area contributed by atoms with Crippen molar-refractivity contribution in [2.75, 3.05) is 13.2 Å². The molecule has 0 aromatic heterocycles. The van der Waals surface area contributed by atoms with Gasteiger partial charge in [0.1, 0.15) is 5.75 Å². The number of aryl methyl sites for hydroxylation is 1. The number of hydrogen-bond acceptors (Lipinski definition) is 3. The fraction of sp³-hybridized carbons (Fsp3) is 0.455. The van der Waals surface area contributed by atoms with Crippen molar-refractivity contribution in [3.8, 4) is 5.75 Å². The summed E-state index contributed by atoms with van der Waals surface area (Å²) in [5, 5.41) is 8.61. The molecule has 0 heterocycles. The summed E-state index contributed by atoms with van der Waals surface area (Å²) in [7, 11) is 0. The first-order valence-electron chi connectivity index (χ1n) is 4.81. The number of benzene rings is 1. The highest BCUT2D eigenvalue weighted by Gasteiger charge is 2.00. The van der Waals surface area contributed by atoms with Crippen LogP contribution in [0.3, 0.4) is 0 Å². The lowest BCUT2D eigenvalue weighted by molar-refractivity contribution is 0.233. The van der Waals surface area contributed by atoms with Gasteiger partial charge in [0.15, 0.2) is 0 Å². The molecule has 0 saturated carbocycles. The van der Waals surface area contributed by atoms with Crippen molar-refractivity contribution in [3.05, 3.63) is 29.3 Å². The van der Waals surface area contributed by atoms with Gasteiger partial charge in [-0.25, -0.2) is 0 Å². The summed E-state index contributed by atoms with van der Waals surface area (Å²) < 4.78 is 5.50. The molecule has 0 aliphatic rings. The summed E-state index contributed by atoms with van der Waals surface area (Å²) in [6.45, 7) is 3.23. The van der Waals surface area contributed by atoms with E-state index in [1.54, 1.807) is 0 Å². The Morgan fingerprint density at radius 3 is 2.86 bits per heavy atom. The summed E-state index contributed by atoms with van der Waals surface area (Å²) >= 11 is 0. The predicted octanol–water partition coefficient (Wildman–Crippen LogP) is 1.21. The van der Waals surface area contributed by atoms with E-state index >= 15 is 0 Å². The van der Waals surface area contributed by atoms with Gasteiger partial charge in [0, 0.05) is 19.6 Å². The van der Waals surface area contributed by atoms with E-state index in [0.29, 0.717) is 19.6 Å². The Hall–Kier alpha value is -1.06. The minimum absolute atomic E-state index is 0.162. The molecular formula is C11H17NO2. The molecule has 0 amide bonds. The molecule has 0 atom stereocenters. The Bertz CT molecular complexity index is 287. The van der Waals surface area contributed by atoms with Crippen molar-refractivity contribution in [2.24, 2.45) is 5.73 Å². The third-order valence-corrected chi connectivity index (χ3v) is 2.05. The standard InChI is InChI=1S/C11H17NO2/c1-9-3-4-10(8-12)7-11(9)14-6-2-5-13/h3-4,7,13H,2,5-6,8,12H2,1H3. The van der Waals surface area contributed by atoms with E-state index in [2.05, 4.69) is 0 Å². The van der Waals surface area contributed by atoms with Crippen LogP contribution in [0.15, 0.2) is 18.2 Å². The van der Waals surface area contributed by atoms with Crippen molar-refractivity contribution in [1.82, 2.24) is 0 Å². The van der Waals surface area contributed by atoms with Crippen molar-refractivity contribution < 1.29 is 9.84 Å². The van der Waals surface area contributed by atoms with Gasteiger partial charge in [-0.3, -0.25) is 0 Å². The third-order valence-electron chi connectivity index (χ3n) is 2.05. The molecule has 14 heavy (non-hydrogen) atoms. The molecule has 3 nitrogen and oxygen atoms in total. The average Bonchev–Trinajstić information content (AvgIpc) is 2.21. The van der Waals surface area contributed by atoms with Crippen LogP contribution in [0, 0.1) is 6.92 Å². The highest BCUT2D eigenvalue weighted by molar-refractivity contribution is 5.36. The Morgan fingerprint density at radius 2 is 2.21 bits per heavy atom. The van der Waals surface area contributed by atoms with Gasteiger partial charge in [-0.05, 0) is 24.1 Å². The molecule has 0 radical (unpaired) electrons. The number of rotatable bonds is 5. The van der Waals surface area contributed by atoms with Crippen LogP contribution in [0.4, 0.5) is 0 Å². The number of aliphatic hydroxyl groups is 1. The normalized spacial score (nSPS) is 10.2. The fourth-order valence-corrected chi connectivity index (χ4v) is 1.17. The lowest BCUT2D eigenvalue weighted by Gasteiger charge is -2.09. The van der Waals surface area contributed by atoms with Gasteiger partial charge in [-0.2, -0.15) is 0 Å². The molecule has 0 fully saturated rings. The van der Waals surface area contributed by atoms with Crippen molar-refractivity contribution in [2.45, 2.75) is 19.9 Å². The lowest BCUT2D eigenvalue weighted by atomic mass is 10.1. The minimum atomic E-state index is 0.162. The van der Waals surface area contributed by atoms with Crippen LogP contribution in [-0.2, 0) is 6.54 Å². The van der Waals surface area contributed by atoms with Crippen LogP contribution in [0.2, 0.25) is 0 Å². The van der Waals surface area contributed by atoms with Crippen LogP contribution in [-0.4, -0.2) is 18.3 Å². The van der Waals surface area contributed by atoms with Gasteiger partial charge in [0.2, 0.25) is 0 Å². The molecule has 1 aromatic carbocycles. The van der Waals surface area contributed by atoms with E-state index in [4.69, 9.17) is 15.6 Å². The topological polar surface area (TPSA) is 55.5 Å². The first kappa shape index (κ1) is 11.0. The van der Waals surface area contributed by atoms with Crippen LogP contribution in [0.1, 0.15) is 17.5 Å². The molecular weight excluding hydrogens is 178 g/mol. The molecule has 3 N–H and O–H groups in total. The highest BCUT2D eigenvalue weighted by atomic mass is 16.5. The molecule has 78 valence electrons. The van der Waals surface area contributed by atoms with Crippen LogP contribution in [0.5, 0.6) is 5.75 Å². The van der Waals surface area contributed by atoms with Gasteiger partial charge < -0.3 is 15.6 Å². The zero-order valence-electron chi connectivity index (χ0n) is 8.49.